The van der Waals surface area contributed by atoms with Crippen molar-refractivity contribution in [2.45, 2.75) is 44.7 Å². The van der Waals surface area contributed by atoms with Crippen molar-refractivity contribution in [1.82, 2.24) is 10.2 Å². The van der Waals surface area contributed by atoms with Gasteiger partial charge in [-0.25, -0.2) is 0 Å². The summed E-state index contributed by atoms with van der Waals surface area (Å²) >= 11 is 0. The number of rotatable bonds is 7. The van der Waals surface area contributed by atoms with Crippen LogP contribution < -0.4 is 11.1 Å². The molecule has 2 unspecified atom stereocenters. The van der Waals surface area contributed by atoms with Crippen molar-refractivity contribution in [3.8, 4) is 0 Å². The summed E-state index contributed by atoms with van der Waals surface area (Å²) in [4.78, 5) is 13.9. The highest BCUT2D eigenvalue weighted by molar-refractivity contribution is 5.84. The molecule has 19 heavy (non-hydrogen) atoms. The van der Waals surface area contributed by atoms with Crippen LogP contribution in [0.2, 0.25) is 0 Å². The highest BCUT2D eigenvalue weighted by Crippen LogP contribution is 2.20. The lowest BCUT2D eigenvalue weighted by Crippen LogP contribution is -2.55. The molecule has 0 bridgehead atoms. The molecule has 0 aromatic heterocycles. The van der Waals surface area contributed by atoms with Crippen molar-refractivity contribution in [2.24, 2.45) is 11.7 Å². The fourth-order valence-corrected chi connectivity index (χ4v) is 2.59. The van der Waals surface area contributed by atoms with Gasteiger partial charge in [0.2, 0.25) is 5.91 Å². The van der Waals surface area contributed by atoms with E-state index < -0.39 is 5.54 Å². The van der Waals surface area contributed by atoms with Gasteiger partial charge in [0.15, 0.2) is 0 Å². The number of primary amides is 1. The Labute approximate surface area is 116 Å². The predicted molar refractivity (Wildman–Crippen MR) is 76.9 cm³/mol. The molecule has 5 nitrogen and oxygen atoms in total. The van der Waals surface area contributed by atoms with Crippen molar-refractivity contribution >= 4 is 5.91 Å². The SMILES string of the molecule is CNC(C)(CC(C)N(C)CC1CCOCC1)C(N)=O. The van der Waals surface area contributed by atoms with Gasteiger partial charge < -0.3 is 20.7 Å². The Morgan fingerprint density at radius 2 is 2.11 bits per heavy atom. The molecule has 0 radical (unpaired) electrons. The molecule has 1 rings (SSSR count). The summed E-state index contributed by atoms with van der Waals surface area (Å²) in [6, 6.07) is 0.313. The van der Waals surface area contributed by atoms with Gasteiger partial charge in [-0.2, -0.15) is 0 Å². The molecular weight excluding hydrogens is 242 g/mol. The first-order valence-corrected chi connectivity index (χ1v) is 7.16. The minimum absolute atomic E-state index is 0.290. The predicted octanol–water partition coefficient (Wildman–Crippen LogP) is 0.587. The van der Waals surface area contributed by atoms with Crippen LogP contribution in [0.15, 0.2) is 0 Å². The Balaban J connectivity index is 2.46. The molecule has 0 aromatic carbocycles. The molecule has 0 aliphatic carbocycles. The molecule has 0 aromatic rings. The second kappa shape index (κ2) is 7.22. The van der Waals surface area contributed by atoms with Gasteiger partial charge in [0, 0.05) is 25.8 Å². The first kappa shape index (κ1) is 16.4. The fraction of sp³-hybridized carbons (Fsp3) is 0.929. The number of nitrogens with two attached hydrogens (primary N) is 1. The Morgan fingerprint density at radius 1 is 1.53 bits per heavy atom. The van der Waals surface area contributed by atoms with Crippen molar-refractivity contribution in [3.63, 3.8) is 0 Å². The van der Waals surface area contributed by atoms with E-state index in [1.54, 1.807) is 7.05 Å². The summed E-state index contributed by atoms with van der Waals surface area (Å²) in [6.45, 7) is 6.83. The molecule has 1 amide bonds. The topological polar surface area (TPSA) is 67.6 Å². The minimum Gasteiger partial charge on any atom is -0.381 e. The van der Waals surface area contributed by atoms with Crippen molar-refractivity contribution in [3.05, 3.63) is 0 Å². The van der Waals surface area contributed by atoms with Crippen LogP contribution in [0, 0.1) is 5.92 Å². The highest BCUT2D eigenvalue weighted by atomic mass is 16.5. The fourth-order valence-electron chi connectivity index (χ4n) is 2.59. The van der Waals surface area contributed by atoms with Crippen molar-refractivity contribution < 1.29 is 9.53 Å². The number of hydrogen-bond donors (Lipinski definition) is 2. The third-order valence-corrected chi connectivity index (χ3v) is 4.44. The maximum Gasteiger partial charge on any atom is 0.237 e. The number of nitrogens with zero attached hydrogens (tertiary/aromatic N) is 1. The summed E-state index contributed by atoms with van der Waals surface area (Å²) in [5.74, 6) is 0.414. The molecule has 1 saturated heterocycles. The molecule has 1 fully saturated rings. The Kier molecular flexibility index (Phi) is 6.23. The van der Waals surface area contributed by atoms with E-state index in [1.807, 2.05) is 6.92 Å². The largest absolute Gasteiger partial charge is 0.381 e. The molecule has 1 aliphatic rings. The van der Waals surface area contributed by atoms with Gasteiger partial charge in [-0.3, -0.25) is 4.79 Å². The average Bonchev–Trinajstić information content (AvgIpc) is 2.39. The smallest absolute Gasteiger partial charge is 0.237 e. The molecule has 0 spiro atoms. The lowest BCUT2D eigenvalue weighted by molar-refractivity contribution is -0.124. The molecule has 5 heteroatoms. The van der Waals surface area contributed by atoms with E-state index in [1.165, 1.54) is 0 Å². The third-order valence-electron chi connectivity index (χ3n) is 4.44. The normalized spacial score (nSPS) is 22.2. The van der Waals surface area contributed by atoms with E-state index >= 15 is 0 Å². The van der Waals surface area contributed by atoms with Crippen molar-refractivity contribution in [1.29, 1.82) is 0 Å². The summed E-state index contributed by atoms with van der Waals surface area (Å²) in [6.07, 6.45) is 2.99. The van der Waals surface area contributed by atoms with E-state index in [0.717, 1.165) is 39.0 Å². The van der Waals surface area contributed by atoms with Crippen LogP contribution in [-0.4, -0.2) is 56.2 Å². The quantitative estimate of drug-likeness (QED) is 0.711. The maximum atomic E-state index is 11.5. The second-order valence-electron chi connectivity index (χ2n) is 5.99. The summed E-state index contributed by atoms with van der Waals surface area (Å²) in [5.41, 5.74) is 4.84. The number of likely N-dealkylation sites (N-methyl/N-ethyl adjacent to an activating group) is 1. The first-order valence-electron chi connectivity index (χ1n) is 7.16. The van der Waals surface area contributed by atoms with E-state index in [0.29, 0.717) is 12.0 Å². The van der Waals surface area contributed by atoms with E-state index in [9.17, 15) is 4.79 Å². The van der Waals surface area contributed by atoms with Gasteiger partial charge in [0.1, 0.15) is 0 Å². The van der Waals surface area contributed by atoms with E-state index in [2.05, 4.69) is 24.2 Å². The lowest BCUT2D eigenvalue weighted by atomic mass is 9.91. The minimum atomic E-state index is -0.636. The molecule has 0 saturated carbocycles. The van der Waals surface area contributed by atoms with Gasteiger partial charge in [0.05, 0.1) is 5.54 Å². The molecule has 1 aliphatic heterocycles. The standard InChI is InChI=1S/C14H29N3O2/c1-11(9-14(2,16-3)13(15)18)17(4)10-12-5-7-19-8-6-12/h11-12,16H,5-10H2,1-4H3,(H2,15,18). The van der Waals surface area contributed by atoms with Gasteiger partial charge in [-0.05, 0) is 53.1 Å². The Bertz CT molecular complexity index is 292. The number of hydrogen-bond acceptors (Lipinski definition) is 4. The molecule has 112 valence electrons. The van der Waals surface area contributed by atoms with Crippen LogP contribution in [-0.2, 0) is 9.53 Å². The van der Waals surface area contributed by atoms with Crippen LogP contribution in [0.1, 0.15) is 33.1 Å². The summed E-state index contributed by atoms with van der Waals surface area (Å²) in [7, 11) is 3.91. The van der Waals surface area contributed by atoms with Gasteiger partial charge in [-0.1, -0.05) is 0 Å². The first-order chi connectivity index (χ1) is 8.89. The van der Waals surface area contributed by atoms with Gasteiger partial charge >= 0.3 is 0 Å². The summed E-state index contributed by atoms with van der Waals surface area (Å²) < 4.78 is 5.38. The summed E-state index contributed by atoms with van der Waals surface area (Å²) in [5, 5.41) is 3.05. The third kappa shape index (κ3) is 4.75. The molecular formula is C14H29N3O2. The van der Waals surface area contributed by atoms with E-state index in [-0.39, 0.29) is 5.91 Å². The van der Waals surface area contributed by atoms with Crippen LogP contribution >= 0.6 is 0 Å². The zero-order chi connectivity index (χ0) is 14.5. The zero-order valence-corrected chi connectivity index (χ0v) is 12.7. The van der Waals surface area contributed by atoms with Crippen LogP contribution in [0.3, 0.4) is 0 Å². The maximum absolute atomic E-state index is 11.5. The van der Waals surface area contributed by atoms with Crippen LogP contribution in [0.4, 0.5) is 0 Å². The number of nitrogens with one attached hydrogen (secondary N) is 1. The molecule has 2 atom stereocenters. The number of amides is 1. The highest BCUT2D eigenvalue weighted by Gasteiger charge is 2.32. The second-order valence-corrected chi connectivity index (χ2v) is 5.99. The van der Waals surface area contributed by atoms with E-state index in [4.69, 9.17) is 10.5 Å². The Morgan fingerprint density at radius 3 is 2.58 bits per heavy atom. The molecule has 1 heterocycles. The number of carbonyl (C=O) groups excluding carboxylic acids is 1. The lowest BCUT2D eigenvalue weighted by Gasteiger charge is -2.35. The van der Waals surface area contributed by atoms with Crippen molar-refractivity contribution in [2.75, 3.05) is 33.9 Å². The monoisotopic (exact) mass is 271 g/mol. The molecule has 3 N–H and O–H groups in total. The number of ether oxygens (including phenoxy) is 1. The zero-order valence-electron chi connectivity index (χ0n) is 12.7. The van der Waals surface area contributed by atoms with Crippen LogP contribution in [0.5, 0.6) is 0 Å². The Hall–Kier alpha value is -0.650. The van der Waals surface area contributed by atoms with Gasteiger partial charge in [-0.15, -0.1) is 0 Å². The average molecular weight is 271 g/mol. The van der Waals surface area contributed by atoms with Crippen LogP contribution in [0.25, 0.3) is 0 Å². The number of carbonyl (C=O) groups is 1. The van der Waals surface area contributed by atoms with Gasteiger partial charge in [0.25, 0.3) is 0 Å².